The van der Waals surface area contributed by atoms with Crippen molar-refractivity contribution in [2.24, 2.45) is 0 Å². The molecule has 1 aromatic carbocycles. The van der Waals surface area contributed by atoms with Gasteiger partial charge in [0.2, 0.25) is 10.0 Å². The van der Waals surface area contributed by atoms with Gasteiger partial charge in [0.1, 0.15) is 5.82 Å². The fraction of sp³-hybridized carbons (Fsp3) is 0.312. The molecule has 0 aliphatic heterocycles. The molecule has 7 nitrogen and oxygen atoms in total. The molecular weight excluding hydrogens is 362 g/mol. The predicted octanol–water partition coefficient (Wildman–Crippen LogP) is 2.10. The van der Waals surface area contributed by atoms with Crippen LogP contribution in [0.1, 0.15) is 25.7 Å². The summed E-state index contributed by atoms with van der Waals surface area (Å²) >= 11 is 0. The molecule has 0 amide bonds. The van der Waals surface area contributed by atoms with Crippen LogP contribution in [-0.4, -0.2) is 27.9 Å². The van der Waals surface area contributed by atoms with Gasteiger partial charge in [-0.25, -0.2) is 26.5 Å². The van der Waals surface area contributed by atoms with Crippen molar-refractivity contribution in [1.82, 2.24) is 9.71 Å². The lowest BCUT2D eigenvalue weighted by molar-refractivity contribution is 0.552. The molecule has 1 heterocycles. The zero-order chi connectivity index (χ0) is 17.9. The van der Waals surface area contributed by atoms with Gasteiger partial charge in [0.15, 0.2) is 0 Å². The van der Waals surface area contributed by atoms with Crippen LogP contribution in [0.15, 0.2) is 58.5 Å². The number of nitrogens with zero attached hydrogens (tertiary/aromatic N) is 1. The van der Waals surface area contributed by atoms with Crippen LogP contribution in [0.5, 0.6) is 0 Å². The molecule has 0 saturated heterocycles. The Morgan fingerprint density at radius 2 is 1.56 bits per heavy atom. The minimum atomic E-state index is -3.93. The maximum atomic E-state index is 12.5. The zero-order valence-electron chi connectivity index (χ0n) is 13.4. The highest BCUT2D eigenvalue weighted by Gasteiger charge is 2.24. The van der Waals surface area contributed by atoms with Crippen LogP contribution in [0.2, 0.25) is 0 Å². The zero-order valence-corrected chi connectivity index (χ0v) is 15.1. The highest BCUT2D eigenvalue weighted by atomic mass is 32.2. The van der Waals surface area contributed by atoms with Crippen molar-refractivity contribution in [2.75, 3.05) is 4.72 Å². The summed E-state index contributed by atoms with van der Waals surface area (Å²) in [7, 11) is -7.69. The lowest BCUT2D eigenvalue weighted by Gasteiger charge is -2.13. The molecule has 1 fully saturated rings. The maximum absolute atomic E-state index is 12.5. The number of pyridine rings is 1. The van der Waals surface area contributed by atoms with Gasteiger partial charge in [-0.15, -0.1) is 0 Å². The van der Waals surface area contributed by atoms with Gasteiger partial charge >= 0.3 is 0 Å². The van der Waals surface area contributed by atoms with E-state index in [4.69, 9.17) is 0 Å². The van der Waals surface area contributed by atoms with Crippen molar-refractivity contribution >= 4 is 25.9 Å². The molecule has 9 heteroatoms. The fourth-order valence-electron chi connectivity index (χ4n) is 2.76. The smallest absolute Gasteiger partial charge is 0.263 e. The van der Waals surface area contributed by atoms with E-state index in [1.54, 1.807) is 12.1 Å². The molecule has 1 aliphatic carbocycles. The van der Waals surface area contributed by atoms with Crippen molar-refractivity contribution in [2.45, 2.75) is 41.5 Å². The monoisotopic (exact) mass is 381 g/mol. The Kier molecular flexibility index (Phi) is 5.07. The molecule has 1 saturated carbocycles. The average molecular weight is 381 g/mol. The molecule has 25 heavy (non-hydrogen) atoms. The number of anilines is 1. The third-order valence-electron chi connectivity index (χ3n) is 4.01. The molecule has 1 aliphatic rings. The van der Waals surface area contributed by atoms with E-state index >= 15 is 0 Å². The van der Waals surface area contributed by atoms with Crippen molar-refractivity contribution < 1.29 is 16.8 Å². The Morgan fingerprint density at radius 3 is 2.20 bits per heavy atom. The summed E-state index contributed by atoms with van der Waals surface area (Å²) in [4.78, 5) is 3.71. The van der Waals surface area contributed by atoms with Crippen LogP contribution >= 0.6 is 0 Å². The van der Waals surface area contributed by atoms with Crippen LogP contribution in [0.25, 0.3) is 0 Å². The molecule has 2 N–H and O–H groups in total. The maximum Gasteiger partial charge on any atom is 0.263 e. The summed E-state index contributed by atoms with van der Waals surface area (Å²) in [6, 6.07) is 10.0. The Balaban J connectivity index is 1.85. The largest absolute Gasteiger partial charge is 0.263 e. The summed E-state index contributed by atoms with van der Waals surface area (Å²) in [5, 5.41) is 0. The molecule has 0 radical (unpaired) electrons. The van der Waals surface area contributed by atoms with Gasteiger partial charge in [-0.2, -0.15) is 0 Å². The second-order valence-electron chi connectivity index (χ2n) is 5.90. The van der Waals surface area contributed by atoms with E-state index in [0.717, 1.165) is 31.7 Å². The van der Waals surface area contributed by atoms with E-state index in [0.29, 0.717) is 0 Å². The first kappa shape index (κ1) is 17.8. The van der Waals surface area contributed by atoms with Crippen LogP contribution in [0.4, 0.5) is 5.82 Å². The lowest BCUT2D eigenvalue weighted by Crippen LogP contribution is -2.32. The Labute approximate surface area is 147 Å². The first-order valence-electron chi connectivity index (χ1n) is 7.93. The van der Waals surface area contributed by atoms with Gasteiger partial charge in [0, 0.05) is 12.2 Å². The number of nitrogens with one attached hydrogen (secondary N) is 2. The van der Waals surface area contributed by atoms with Gasteiger partial charge in [-0.1, -0.05) is 25.0 Å². The summed E-state index contributed by atoms with van der Waals surface area (Å²) in [6.07, 6.45) is 5.06. The van der Waals surface area contributed by atoms with Crippen LogP contribution in [0.3, 0.4) is 0 Å². The lowest BCUT2D eigenvalue weighted by atomic mass is 10.3. The minimum absolute atomic E-state index is 0.0664. The number of hydrogen-bond donors (Lipinski definition) is 2. The molecule has 0 spiro atoms. The number of sulfonamides is 2. The Morgan fingerprint density at radius 1 is 0.880 bits per heavy atom. The van der Waals surface area contributed by atoms with Crippen LogP contribution < -0.4 is 9.44 Å². The normalized spacial score (nSPS) is 16.0. The predicted molar refractivity (Wildman–Crippen MR) is 94.1 cm³/mol. The number of aromatic nitrogens is 1. The Bertz CT molecular complexity index is 938. The summed E-state index contributed by atoms with van der Waals surface area (Å²) in [5.41, 5.74) is 0. The molecule has 3 rings (SSSR count). The molecule has 2 aromatic rings. The second kappa shape index (κ2) is 7.11. The third-order valence-corrected chi connectivity index (χ3v) is 6.88. The topological polar surface area (TPSA) is 105 Å². The highest BCUT2D eigenvalue weighted by molar-refractivity contribution is 7.93. The SMILES string of the molecule is O=S(=O)(Nc1ccccn1)c1cccc(S(=O)(=O)NC2CCCC2)c1. The molecule has 0 atom stereocenters. The third kappa shape index (κ3) is 4.36. The first-order valence-corrected chi connectivity index (χ1v) is 10.9. The average Bonchev–Trinajstić information content (AvgIpc) is 3.08. The van der Waals surface area contributed by atoms with Gasteiger partial charge in [0.25, 0.3) is 10.0 Å². The van der Waals surface area contributed by atoms with Gasteiger partial charge in [0.05, 0.1) is 9.79 Å². The molecule has 0 bridgehead atoms. The number of benzene rings is 1. The fourth-order valence-corrected chi connectivity index (χ4v) is 5.24. The summed E-state index contributed by atoms with van der Waals surface area (Å²) in [5.74, 6) is 0.167. The summed E-state index contributed by atoms with van der Waals surface area (Å²) in [6.45, 7) is 0. The first-order chi connectivity index (χ1) is 11.9. The quantitative estimate of drug-likeness (QED) is 0.797. The molecule has 1 aromatic heterocycles. The molecule has 134 valence electrons. The van der Waals surface area contributed by atoms with E-state index in [2.05, 4.69) is 14.4 Å². The summed E-state index contributed by atoms with van der Waals surface area (Å²) < 4.78 is 54.9. The van der Waals surface area contributed by atoms with Gasteiger partial charge in [-0.05, 0) is 43.2 Å². The van der Waals surface area contributed by atoms with Crippen molar-refractivity contribution in [3.8, 4) is 0 Å². The number of rotatable bonds is 6. The van der Waals surface area contributed by atoms with Crippen molar-refractivity contribution in [3.05, 3.63) is 48.7 Å². The van der Waals surface area contributed by atoms with Gasteiger partial charge in [-0.3, -0.25) is 4.72 Å². The standard InChI is InChI=1S/C16H19N3O4S2/c20-24(21,18-13-6-1-2-7-13)14-8-5-9-15(12-14)25(22,23)19-16-10-3-4-11-17-16/h3-5,8-13,18H,1-2,6-7H2,(H,17,19). The van der Waals surface area contributed by atoms with E-state index in [1.165, 1.54) is 30.5 Å². The van der Waals surface area contributed by atoms with E-state index in [-0.39, 0.29) is 21.7 Å². The molecule has 0 unspecified atom stereocenters. The van der Waals surface area contributed by atoms with E-state index in [9.17, 15) is 16.8 Å². The van der Waals surface area contributed by atoms with E-state index < -0.39 is 20.0 Å². The van der Waals surface area contributed by atoms with Gasteiger partial charge < -0.3 is 0 Å². The second-order valence-corrected chi connectivity index (χ2v) is 9.29. The van der Waals surface area contributed by atoms with Crippen molar-refractivity contribution in [3.63, 3.8) is 0 Å². The Hall–Kier alpha value is -1.97. The highest BCUT2D eigenvalue weighted by Crippen LogP contribution is 2.22. The minimum Gasteiger partial charge on any atom is -0.263 e. The van der Waals surface area contributed by atoms with Crippen LogP contribution in [0, 0.1) is 0 Å². The van der Waals surface area contributed by atoms with Crippen molar-refractivity contribution in [1.29, 1.82) is 0 Å². The van der Waals surface area contributed by atoms with E-state index in [1.807, 2.05) is 0 Å². The molecular formula is C16H19N3O4S2. The van der Waals surface area contributed by atoms with Crippen LogP contribution in [-0.2, 0) is 20.0 Å². The number of hydrogen-bond acceptors (Lipinski definition) is 5.